The van der Waals surface area contributed by atoms with Gasteiger partial charge in [-0.1, -0.05) is 28.8 Å². The number of carbonyl (C=O) groups excluding carboxylic acids is 1. The number of hydrogen-bond donors (Lipinski definition) is 3. The van der Waals surface area contributed by atoms with Crippen LogP contribution in [0.25, 0.3) is 10.9 Å². The molecule has 0 radical (unpaired) electrons. The number of carbonyl (C=O) groups is 1. The van der Waals surface area contributed by atoms with E-state index in [1.807, 2.05) is 19.9 Å². The van der Waals surface area contributed by atoms with Gasteiger partial charge in [0.2, 0.25) is 0 Å². The van der Waals surface area contributed by atoms with Gasteiger partial charge in [-0.25, -0.2) is 0 Å². The molecule has 4 rings (SSSR count). The molecule has 2 heterocycles. The first kappa shape index (κ1) is 23.0. The van der Waals surface area contributed by atoms with Crippen LogP contribution in [0, 0.1) is 18.8 Å². The fraction of sp³-hybridized carbons (Fsp3) is 0.174. The smallest absolute Gasteiger partial charge is 0.268 e. The van der Waals surface area contributed by atoms with E-state index in [-0.39, 0.29) is 17.5 Å². The number of H-pyrrole nitrogens is 2. The summed E-state index contributed by atoms with van der Waals surface area (Å²) < 4.78 is 20.6. The Morgan fingerprint density at radius 3 is 2.55 bits per heavy atom. The molecule has 0 saturated heterocycles. The summed E-state index contributed by atoms with van der Waals surface area (Å²) in [7, 11) is -2.31. The lowest BCUT2D eigenvalue weighted by molar-refractivity contribution is -0.564. The number of aromatic amines is 2. The van der Waals surface area contributed by atoms with Crippen LogP contribution in [0.3, 0.4) is 0 Å². The van der Waals surface area contributed by atoms with E-state index in [1.165, 1.54) is 19.5 Å². The molecular weight excluding hydrogens is 463 g/mol. The van der Waals surface area contributed by atoms with E-state index in [0.29, 0.717) is 31.3 Å². The van der Waals surface area contributed by atoms with Gasteiger partial charge in [0.25, 0.3) is 19.5 Å². The van der Waals surface area contributed by atoms with E-state index in [2.05, 4.69) is 15.4 Å². The van der Waals surface area contributed by atoms with Crippen molar-refractivity contribution in [3.05, 3.63) is 87.2 Å². The van der Waals surface area contributed by atoms with Gasteiger partial charge in [0.05, 0.1) is 16.4 Å². The van der Waals surface area contributed by atoms with Crippen LogP contribution >= 0.6 is 19.0 Å². The van der Waals surface area contributed by atoms with Crippen molar-refractivity contribution in [3.8, 4) is 0 Å². The molecule has 0 fully saturated rings. The van der Waals surface area contributed by atoms with E-state index in [0.717, 1.165) is 11.1 Å². The SMILES string of the molecule is COP(=O)(c1cc(C)cc(C)c1)c1c(C(=O)NCc2cc[nH][n+](=O)c2)[nH]c2ccc(Cl)cc12. The van der Waals surface area contributed by atoms with Crippen molar-refractivity contribution in [3.63, 3.8) is 0 Å². The lowest BCUT2D eigenvalue weighted by atomic mass is 10.2. The van der Waals surface area contributed by atoms with Crippen molar-refractivity contribution < 1.29 is 18.4 Å². The van der Waals surface area contributed by atoms with Gasteiger partial charge >= 0.3 is 0 Å². The lowest BCUT2D eigenvalue weighted by Crippen LogP contribution is -2.31. The fourth-order valence-corrected chi connectivity index (χ4v) is 6.42. The normalized spacial score (nSPS) is 13.1. The summed E-state index contributed by atoms with van der Waals surface area (Å²) in [5.74, 6) is -0.482. The van der Waals surface area contributed by atoms with Crippen molar-refractivity contribution in [1.29, 1.82) is 0 Å². The van der Waals surface area contributed by atoms with Crippen molar-refractivity contribution >= 4 is 46.4 Å². The number of nitrogens with zero attached hydrogens (tertiary/aromatic N) is 1. The third-order valence-corrected chi connectivity index (χ3v) is 8.03. The molecule has 1 atom stereocenters. The van der Waals surface area contributed by atoms with Crippen molar-refractivity contribution in [2.75, 3.05) is 7.11 Å². The highest BCUT2D eigenvalue weighted by Crippen LogP contribution is 2.47. The molecule has 0 aliphatic rings. The third kappa shape index (κ3) is 4.50. The Balaban J connectivity index is 1.86. The molecule has 2 aromatic heterocycles. The molecule has 0 bridgehead atoms. The van der Waals surface area contributed by atoms with E-state index in [1.54, 1.807) is 36.4 Å². The minimum atomic E-state index is -3.68. The highest BCUT2D eigenvalue weighted by Gasteiger charge is 2.36. The largest absolute Gasteiger partial charge is 0.350 e. The summed E-state index contributed by atoms with van der Waals surface area (Å²) in [6.07, 6.45) is 2.80. The fourth-order valence-electron chi connectivity index (χ4n) is 3.89. The van der Waals surface area contributed by atoms with Crippen LogP contribution in [-0.4, -0.2) is 23.1 Å². The summed E-state index contributed by atoms with van der Waals surface area (Å²) in [4.78, 5) is 27.8. The van der Waals surface area contributed by atoms with E-state index in [4.69, 9.17) is 16.1 Å². The number of benzene rings is 2. The number of aryl methyl sites for hydroxylation is 2. The number of fused-ring (bicyclic) bond motifs is 1. The van der Waals surface area contributed by atoms with Crippen LogP contribution in [0.4, 0.5) is 0 Å². The van der Waals surface area contributed by atoms with Crippen LogP contribution in [0.1, 0.15) is 27.2 Å². The molecule has 10 heteroatoms. The first-order chi connectivity index (χ1) is 15.7. The Bertz CT molecular complexity index is 1460. The van der Waals surface area contributed by atoms with Gasteiger partial charge in [0, 0.05) is 40.4 Å². The number of rotatable bonds is 6. The first-order valence-corrected chi connectivity index (χ1v) is 12.2. The third-order valence-electron chi connectivity index (χ3n) is 5.29. The molecule has 170 valence electrons. The minimum Gasteiger partial charge on any atom is -0.350 e. The topological polar surface area (TPSA) is 110 Å². The number of aromatic nitrogens is 3. The molecule has 8 nitrogen and oxygen atoms in total. The number of hydrogen-bond acceptors (Lipinski definition) is 4. The van der Waals surface area contributed by atoms with E-state index in [9.17, 15) is 14.3 Å². The molecule has 2 aromatic carbocycles. The molecule has 0 aliphatic carbocycles. The Morgan fingerprint density at radius 2 is 1.88 bits per heavy atom. The van der Waals surface area contributed by atoms with Crippen LogP contribution in [-0.2, 0) is 15.6 Å². The number of nitrogens with one attached hydrogen (secondary N) is 3. The summed E-state index contributed by atoms with van der Waals surface area (Å²) in [6.45, 7) is 3.93. The van der Waals surface area contributed by atoms with Crippen molar-refractivity contribution in [2.45, 2.75) is 20.4 Å². The van der Waals surface area contributed by atoms with Crippen LogP contribution < -0.4 is 20.5 Å². The zero-order valence-corrected chi connectivity index (χ0v) is 20.0. The van der Waals surface area contributed by atoms with Gasteiger partial charge in [-0.15, -0.1) is 5.10 Å². The molecule has 33 heavy (non-hydrogen) atoms. The Labute approximate surface area is 195 Å². The highest BCUT2D eigenvalue weighted by atomic mass is 35.5. The predicted molar refractivity (Wildman–Crippen MR) is 128 cm³/mol. The quantitative estimate of drug-likeness (QED) is 0.287. The first-order valence-electron chi connectivity index (χ1n) is 10.2. The van der Waals surface area contributed by atoms with E-state index < -0.39 is 13.3 Å². The molecule has 0 spiro atoms. The van der Waals surface area contributed by atoms with Crippen molar-refractivity contribution in [2.24, 2.45) is 0 Å². The zero-order valence-electron chi connectivity index (χ0n) is 18.3. The van der Waals surface area contributed by atoms with Crippen LogP contribution in [0.2, 0.25) is 5.02 Å². The van der Waals surface area contributed by atoms with E-state index >= 15 is 0 Å². The lowest BCUT2D eigenvalue weighted by Gasteiger charge is -2.19. The molecule has 1 unspecified atom stereocenters. The molecule has 0 aliphatic heterocycles. The number of halogens is 1. The monoisotopic (exact) mass is 485 g/mol. The second kappa shape index (κ2) is 8.98. The van der Waals surface area contributed by atoms with Gasteiger partial charge < -0.3 is 14.8 Å². The predicted octanol–water partition coefficient (Wildman–Crippen LogP) is 3.49. The molecule has 3 N–H and O–H groups in total. The van der Waals surface area contributed by atoms with Crippen LogP contribution in [0.5, 0.6) is 0 Å². The second-order valence-electron chi connectivity index (χ2n) is 7.79. The zero-order chi connectivity index (χ0) is 23.8. The molecule has 1 amide bonds. The average Bonchev–Trinajstić information content (AvgIpc) is 3.15. The molecule has 0 saturated carbocycles. The summed E-state index contributed by atoms with van der Waals surface area (Å²) >= 11 is 6.25. The maximum absolute atomic E-state index is 14.4. The Morgan fingerprint density at radius 1 is 1.15 bits per heavy atom. The Kier molecular flexibility index (Phi) is 6.26. The minimum absolute atomic E-state index is 0.103. The van der Waals surface area contributed by atoms with Crippen LogP contribution in [0.15, 0.2) is 54.9 Å². The van der Waals surface area contributed by atoms with Gasteiger partial charge in [0.15, 0.2) is 4.54 Å². The van der Waals surface area contributed by atoms with Crippen molar-refractivity contribution in [1.82, 2.24) is 15.4 Å². The molecular formula is C23H23ClN4O4P+. The Hall–Kier alpha value is -3.19. The summed E-state index contributed by atoms with van der Waals surface area (Å²) in [5.41, 5.74) is 3.18. The van der Waals surface area contributed by atoms with Gasteiger partial charge in [0.1, 0.15) is 5.69 Å². The maximum Gasteiger partial charge on any atom is 0.268 e. The highest BCUT2D eigenvalue weighted by molar-refractivity contribution is 7.75. The average molecular weight is 486 g/mol. The van der Waals surface area contributed by atoms with Gasteiger partial charge in [-0.2, -0.15) is 0 Å². The maximum atomic E-state index is 14.4. The van der Waals surface area contributed by atoms with Gasteiger partial charge in [-0.05, 0) is 50.2 Å². The van der Waals surface area contributed by atoms with Gasteiger partial charge in [-0.3, -0.25) is 9.36 Å². The molecule has 4 aromatic rings. The number of amides is 1. The standard InChI is InChI=1S/C23H22ClN4O4P/c1-14-8-15(2)10-18(9-14)33(31,32-3)22-19-11-17(24)4-5-20(19)27-21(22)23(29)25-12-16-6-7-26-28(30)13-16/h4-11,13H,12H2,1-3H3,(H2-,25,26,27,29,30,31)/p+1. The second-order valence-corrected chi connectivity index (χ2v) is 10.7. The summed E-state index contributed by atoms with van der Waals surface area (Å²) in [5, 5.41) is 6.97. The summed E-state index contributed by atoms with van der Waals surface area (Å²) in [6, 6.07) is 12.3.